The van der Waals surface area contributed by atoms with Crippen molar-refractivity contribution in [3.05, 3.63) is 34.4 Å². The topological polar surface area (TPSA) is 102 Å². The molecular weight excluding hydrogens is 310 g/mol. The van der Waals surface area contributed by atoms with E-state index in [4.69, 9.17) is 16.7 Å². The molecule has 2 rings (SSSR count). The smallest absolute Gasteiger partial charge is 0.356 e. The predicted octanol–water partition coefficient (Wildman–Crippen LogP) is 0.864. The quantitative estimate of drug-likeness (QED) is 0.820. The van der Waals surface area contributed by atoms with Gasteiger partial charge < -0.3 is 10.4 Å². The number of aromatic nitrogens is 4. The van der Waals surface area contributed by atoms with Gasteiger partial charge in [0.25, 0.3) is 0 Å². The third kappa shape index (κ3) is 3.64. The van der Waals surface area contributed by atoms with Crippen LogP contribution in [0.25, 0.3) is 0 Å². The Morgan fingerprint density at radius 3 is 2.64 bits per heavy atom. The summed E-state index contributed by atoms with van der Waals surface area (Å²) >= 11 is 6.04. The van der Waals surface area contributed by atoms with E-state index in [1.165, 1.54) is 16.9 Å². The molecule has 22 heavy (non-hydrogen) atoms. The minimum Gasteiger partial charge on any atom is -0.476 e. The van der Waals surface area contributed by atoms with Crippen molar-refractivity contribution in [3.8, 4) is 0 Å². The molecule has 0 aliphatic carbocycles. The summed E-state index contributed by atoms with van der Waals surface area (Å²) in [6.45, 7) is 4.55. The van der Waals surface area contributed by atoms with E-state index in [-0.39, 0.29) is 18.1 Å². The Bertz CT molecular complexity index is 707. The number of nitrogens with one attached hydrogen (secondary N) is 1. The molecular formula is C13H16ClN5O3. The lowest BCUT2D eigenvalue weighted by atomic mass is 10.4. The second-order valence-electron chi connectivity index (χ2n) is 4.76. The molecule has 0 radical (unpaired) electrons. The van der Waals surface area contributed by atoms with E-state index in [2.05, 4.69) is 15.5 Å². The van der Waals surface area contributed by atoms with Crippen LogP contribution in [-0.2, 0) is 17.9 Å². The van der Waals surface area contributed by atoms with Crippen molar-refractivity contribution in [2.75, 3.05) is 6.54 Å². The van der Waals surface area contributed by atoms with Gasteiger partial charge in [0.2, 0.25) is 5.91 Å². The van der Waals surface area contributed by atoms with E-state index in [9.17, 15) is 9.59 Å². The van der Waals surface area contributed by atoms with Gasteiger partial charge in [0, 0.05) is 12.7 Å². The zero-order valence-electron chi connectivity index (χ0n) is 12.2. The number of carboxylic acids is 1. The first-order valence-corrected chi connectivity index (χ1v) is 6.99. The van der Waals surface area contributed by atoms with Gasteiger partial charge >= 0.3 is 5.97 Å². The summed E-state index contributed by atoms with van der Waals surface area (Å²) < 4.78 is 3.01. The second-order valence-corrected chi connectivity index (χ2v) is 5.14. The summed E-state index contributed by atoms with van der Waals surface area (Å²) in [6.07, 6.45) is 1.45. The van der Waals surface area contributed by atoms with Crippen molar-refractivity contribution >= 4 is 23.5 Å². The summed E-state index contributed by atoms with van der Waals surface area (Å²) in [5.74, 6) is -1.38. The monoisotopic (exact) mass is 325 g/mol. The fraction of sp³-hybridized carbons (Fsp3) is 0.385. The van der Waals surface area contributed by atoms with Crippen LogP contribution in [0.1, 0.15) is 21.9 Å². The summed E-state index contributed by atoms with van der Waals surface area (Å²) in [4.78, 5) is 22.5. The number of amides is 1. The van der Waals surface area contributed by atoms with E-state index in [0.717, 1.165) is 11.4 Å². The van der Waals surface area contributed by atoms with Gasteiger partial charge in [0.15, 0.2) is 5.69 Å². The highest BCUT2D eigenvalue weighted by atomic mass is 35.5. The van der Waals surface area contributed by atoms with Gasteiger partial charge in [-0.15, -0.1) is 0 Å². The third-order valence-electron chi connectivity index (χ3n) is 3.10. The van der Waals surface area contributed by atoms with Gasteiger partial charge in [-0.05, 0) is 19.9 Å². The number of carbonyl (C=O) groups excluding carboxylic acids is 1. The van der Waals surface area contributed by atoms with E-state index < -0.39 is 5.97 Å². The molecule has 2 aromatic heterocycles. The van der Waals surface area contributed by atoms with Crippen LogP contribution in [0.5, 0.6) is 0 Å². The molecule has 2 N–H and O–H groups in total. The van der Waals surface area contributed by atoms with E-state index in [1.807, 2.05) is 13.8 Å². The molecule has 0 aliphatic rings. The van der Waals surface area contributed by atoms with Crippen LogP contribution in [-0.4, -0.2) is 43.1 Å². The van der Waals surface area contributed by atoms with Crippen LogP contribution in [0, 0.1) is 13.8 Å². The minimum absolute atomic E-state index is 0.0366. The van der Waals surface area contributed by atoms with Crippen molar-refractivity contribution in [1.29, 1.82) is 0 Å². The Morgan fingerprint density at radius 2 is 2.09 bits per heavy atom. The molecule has 1 amide bonds. The summed E-state index contributed by atoms with van der Waals surface area (Å²) in [5.41, 5.74) is 1.51. The fourth-order valence-electron chi connectivity index (χ4n) is 1.96. The molecule has 0 saturated heterocycles. The van der Waals surface area contributed by atoms with Crippen LogP contribution in [0.2, 0.25) is 5.02 Å². The van der Waals surface area contributed by atoms with Crippen molar-refractivity contribution in [2.24, 2.45) is 0 Å². The average Bonchev–Trinajstić information content (AvgIpc) is 3.01. The summed E-state index contributed by atoms with van der Waals surface area (Å²) in [7, 11) is 0. The minimum atomic E-state index is -1.12. The summed E-state index contributed by atoms with van der Waals surface area (Å²) in [5, 5.41) is 20.1. The molecule has 2 heterocycles. The normalized spacial score (nSPS) is 10.7. The maximum Gasteiger partial charge on any atom is 0.356 e. The number of halogens is 1. The first-order valence-electron chi connectivity index (χ1n) is 6.61. The van der Waals surface area contributed by atoms with Crippen molar-refractivity contribution in [1.82, 2.24) is 24.9 Å². The lowest BCUT2D eigenvalue weighted by Gasteiger charge is -2.07. The van der Waals surface area contributed by atoms with Gasteiger partial charge in [0.05, 0.1) is 23.0 Å². The van der Waals surface area contributed by atoms with E-state index in [1.54, 1.807) is 4.68 Å². The number of carbonyl (C=O) groups is 2. The van der Waals surface area contributed by atoms with Crippen molar-refractivity contribution in [2.45, 2.75) is 26.9 Å². The molecule has 8 nitrogen and oxygen atoms in total. The molecule has 0 saturated carbocycles. The number of aromatic carboxylic acids is 1. The van der Waals surface area contributed by atoms with Gasteiger partial charge in [-0.25, -0.2) is 4.79 Å². The lowest BCUT2D eigenvalue weighted by molar-refractivity contribution is -0.121. The Morgan fingerprint density at radius 1 is 1.36 bits per heavy atom. The Hall–Kier alpha value is -2.35. The molecule has 118 valence electrons. The SMILES string of the molecule is Cc1nn(CCNC(=O)Cn2ccc(C(=O)O)n2)c(C)c1Cl. The zero-order chi connectivity index (χ0) is 16.3. The molecule has 0 bridgehead atoms. The van der Waals surface area contributed by atoms with Gasteiger partial charge in [0.1, 0.15) is 6.54 Å². The van der Waals surface area contributed by atoms with Gasteiger partial charge in [-0.2, -0.15) is 10.2 Å². The molecule has 2 aromatic rings. The standard InChI is InChI=1S/C13H16ClN5O3/c1-8-12(14)9(2)19(16-8)6-4-15-11(20)7-18-5-3-10(17-18)13(21)22/h3,5H,4,6-7H2,1-2H3,(H,15,20)(H,21,22). The van der Waals surface area contributed by atoms with Crippen LogP contribution in [0.3, 0.4) is 0 Å². The number of hydrogen-bond acceptors (Lipinski definition) is 4. The number of carboxylic acid groups (broad SMARTS) is 1. The Labute approximate surface area is 131 Å². The number of rotatable bonds is 6. The van der Waals surface area contributed by atoms with Crippen LogP contribution >= 0.6 is 11.6 Å². The van der Waals surface area contributed by atoms with E-state index >= 15 is 0 Å². The largest absolute Gasteiger partial charge is 0.476 e. The third-order valence-corrected chi connectivity index (χ3v) is 3.65. The molecule has 9 heteroatoms. The Kier molecular flexibility index (Phi) is 4.81. The van der Waals surface area contributed by atoms with E-state index in [0.29, 0.717) is 18.1 Å². The van der Waals surface area contributed by atoms with Crippen LogP contribution in [0.4, 0.5) is 0 Å². The second kappa shape index (κ2) is 6.61. The first kappa shape index (κ1) is 16.0. The number of hydrogen-bond donors (Lipinski definition) is 2. The number of nitrogens with zero attached hydrogens (tertiary/aromatic N) is 4. The predicted molar refractivity (Wildman–Crippen MR) is 78.9 cm³/mol. The van der Waals surface area contributed by atoms with Gasteiger partial charge in [-0.3, -0.25) is 14.2 Å². The fourth-order valence-corrected chi connectivity index (χ4v) is 2.10. The Balaban J connectivity index is 1.82. The first-order chi connectivity index (χ1) is 10.4. The number of aryl methyl sites for hydroxylation is 1. The molecule has 0 aliphatic heterocycles. The summed E-state index contributed by atoms with van der Waals surface area (Å²) in [6, 6.07) is 1.34. The highest BCUT2D eigenvalue weighted by Gasteiger charge is 2.11. The van der Waals surface area contributed by atoms with Crippen LogP contribution in [0.15, 0.2) is 12.3 Å². The molecule has 0 atom stereocenters. The molecule has 0 unspecified atom stereocenters. The van der Waals surface area contributed by atoms with Crippen molar-refractivity contribution < 1.29 is 14.7 Å². The molecule has 0 spiro atoms. The van der Waals surface area contributed by atoms with Gasteiger partial charge in [-0.1, -0.05) is 11.6 Å². The molecule has 0 aromatic carbocycles. The highest BCUT2D eigenvalue weighted by molar-refractivity contribution is 6.31. The molecule has 0 fully saturated rings. The lowest BCUT2D eigenvalue weighted by Crippen LogP contribution is -2.31. The average molecular weight is 326 g/mol. The maximum absolute atomic E-state index is 11.8. The van der Waals surface area contributed by atoms with Crippen molar-refractivity contribution in [3.63, 3.8) is 0 Å². The van der Waals surface area contributed by atoms with Crippen LogP contribution < -0.4 is 5.32 Å². The zero-order valence-corrected chi connectivity index (χ0v) is 13.0. The maximum atomic E-state index is 11.8. The highest BCUT2D eigenvalue weighted by Crippen LogP contribution is 2.18.